The number of rotatable bonds is 5. The lowest BCUT2D eigenvalue weighted by Crippen LogP contribution is -2.36. The van der Waals surface area contributed by atoms with Gasteiger partial charge in [0.15, 0.2) is 0 Å². The first-order valence-electron chi connectivity index (χ1n) is 6.14. The van der Waals surface area contributed by atoms with Crippen LogP contribution in [0.2, 0.25) is 0 Å². The normalized spacial score (nSPS) is 12.8. The largest absolute Gasteiger partial charge is 0.271 e. The number of nitrogens with one attached hydrogen (secondary N) is 1. The molecule has 1 unspecified atom stereocenters. The Kier molecular flexibility index (Phi) is 4.07. The van der Waals surface area contributed by atoms with Crippen LogP contribution in [0.25, 0.3) is 10.9 Å². The van der Waals surface area contributed by atoms with Gasteiger partial charge in [0.1, 0.15) is 0 Å². The molecule has 1 heterocycles. The summed E-state index contributed by atoms with van der Waals surface area (Å²) in [5.41, 5.74) is 5.01. The molecule has 3 nitrogen and oxygen atoms in total. The third-order valence-electron chi connectivity index (χ3n) is 2.98. The average molecular weight is 229 g/mol. The Morgan fingerprint density at radius 3 is 2.82 bits per heavy atom. The second kappa shape index (κ2) is 5.75. The Morgan fingerprint density at radius 1 is 1.24 bits per heavy atom. The smallest absolute Gasteiger partial charge is 0.0705 e. The maximum atomic E-state index is 5.54. The molecular formula is C14H19N3. The van der Waals surface area contributed by atoms with Crippen molar-refractivity contribution in [3.8, 4) is 0 Å². The van der Waals surface area contributed by atoms with Crippen molar-refractivity contribution in [3.05, 3.63) is 42.1 Å². The predicted octanol–water partition coefficient (Wildman–Crippen LogP) is 2.41. The zero-order valence-electron chi connectivity index (χ0n) is 10.2. The summed E-state index contributed by atoms with van der Waals surface area (Å²) in [6.45, 7) is 2.16. The highest BCUT2D eigenvalue weighted by atomic mass is 15.2. The number of pyridine rings is 1. The van der Waals surface area contributed by atoms with Gasteiger partial charge >= 0.3 is 0 Å². The van der Waals surface area contributed by atoms with Gasteiger partial charge in [0.25, 0.3) is 0 Å². The van der Waals surface area contributed by atoms with E-state index in [2.05, 4.69) is 35.5 Å². The van der Waals surface area contributed by atoms with E-state index in [9.17, 15) is 0 Å². The Labute approximate surface area is 102 Å². The number of benzene rings is 1. The molecule has 17 heavy (non-hydrogen) atoms. The van der Waals surface area contributed by atoms with Crippen molar-refractivity contribution in [1.29, 1.82) is 0 Å². The van der Waals surface area contributed by atoms with Crippen molar-refractivity contribution in [1.82, 2.24) is 10.4 Å². The first-order chi connectivity index (χ1) is 8.33. The zero-order chi connectivity index (χ0) is 12.1. The topological polar surface area (TPSA) is 50.9 Å². The van der Waals surface area contributed by atoms with Gasteiger partial charge in [-0.3, -0.25) is 16.3 Å². The summed E-state index contributed by atoms with van der Waals surface area (Å²) in [6.07, 6.45) is 3.09. The number of hydrogen-bond donors (Lipinski definition) is 2. The molecule has 90 valence electrons. The van der Waals surface area contributed by atoms with E-state index in [0.29, 0.717) is 6.04 Å². The molecule has 1 aromatic carbocycles. The van der Waals surface area contributed by atoms with E-state index >= 15 is 0 Å². The summed E-state index contributed by atoms with van der Waals surface area (Å²) in [5, 5.41) is 1.18. The summed E-state index contributed by atoms with van der Waals surface area (Å²) in [7, 11) is 0. The molecular weight excluding hydrogens is 210 g/mol. The summed E-state index contributed by atoms with van der Waals surface area (Å²) >= 11 is 0. The van der Waals surface area contributed by atoms with Crippen molar-refractivity contribution >= 4 is 10.9 Å². The molecule has 0 aliphatic rings. The van der Waals surface area contributed by atoms with Crippen LogP contribution in [0, 0.1) is 0 Å². The van der Waals surface area contributed by atoms with Crippen LogP contribution in [0.5, 0.6) is 0 Å². The highest BCUT2D eigenvalue weighted by molar-refractivity contribution is 5.78. The van der Waals surface area contributed by atoms with Crippen LogP contribution in [-0.2, 0) is 6.42 Å². The molecule has 0 fully saturated rings. The molecule has 0 spiro atoms. The van der Waals surface area contributed by atoms with Crippen LogP contribution < -0.4 is 11.3 Å². The van der Waals surface area contributed by atoms with E-state index in [1.54, 1.807) is 0 Å². The van der Waals surface area contributed by atoms with E-state index in [4.69, 9.17) is 5.84 Å². The van der Waals surface area contributed by atoms with E-state index in [1.165, 1.54) is 5.39 Å². The van der Waals surface area contributed by atoms with Crippen LogP contribution in [0.15, 0.2) is 36.4 Å². The number of hydrazine groups is 1. The van der Waals surface area contributed by atoms with Gasteiger partial charge in [-0.2, -0.15) is 0 Å². The van der Waals surface area contributed by atoms with Gasteiger partial charge in [-0.25, -0.2) is 0 Å². The molecule has 0 saturated carbocycles. The van der Waals surface area contributed by atoms with Crippen molar-refractivity contribution in [3.63, 3.8) is 0 Å². The van der Waals surface area contributed by atoms with E-state index in [0.717, 1.165) is 30.5 Å². The van der Waals surface area contributed by atoms with Gasteiger partial charge in [-0.1, -0.05) is 37.6 Å². The standard InChI is InChI=1S/C14H19N3/c1-2-5-13(17-15)10-12-9-8-11-6-3-4-7-14(11)16-12/h3-4,6-9,13,17H,2,5,10,15H2,1H3. The van der Waals surface area contributed by atoms with Crippen molar-refractivity contribution in [2.75, 3.05) is 0 Å². The van der Waals surface area contributed by atoms with Gasteiger partial charge in [-0.15, -0.1) is 0 Å². The predicted molar refractivity (Wildman–Crippen MR) is 71.5 cm³/mol. The van der Waals surface area contributed by atoms with Gasteiger partial charge in [0.2, 0.25) is 0 Å². The third kappa shape index (κ3) is 3.02. The van der Waals surface area contributed by atoms with Crippen molar-refractivity contribution in [2.24, 2.45) is 5.84 Å². The quantitative estimate of drug-likeness (QED) is 0.611. The molecule has 3 N–H and O–H groups in total. The Morgan fingerprint density at radius 2 is 2.06 bits per heavy atom. The van der Waals surface area contributed by atoms with Gasteiger partial charge < -0.3 is 0 Å². The first-order valence-corrected chi connectivity index (χ1v) is 6.14. The number of para-hydroxylation sites is 1. The lowest BCUT2D eigenvalue weighted by atomic mass is 10.1. The van der Waals surface area contributed by atoms with Crippen LogP contribution in [-0.4, -0.2) is 11.0 Å². The van der Waals surface area contributed by atoms with Crippen LogP contribution in [0.4, 0.5) is 0 Å². The number of nitrogens with two attached hydrogens (primary N) is 1. The van der Waals surface area contributed by atoms with Crippen LogP contribution in [0.1, 0.15) is 25.5 Å². The van der Waals surface area contributed by atoms with E-state index in [-0.39, 0.29) is 0 Å². The molecule has 2 aromatic rings. The summed E-state index contributed by atoms with van der Waals surface area (Å²) in [5.74, 6) is 5.54. The van der Waals surface area contributed by atoms with Crippen molar-refractivity contribution in [2.45, 2.75) is 32.2 Å². The Bertz CT molecular complexity index is 482. The molecule has 0 saturated heterocycles. The lowest BCUT2D eigenvalue weighted by molar-refractivity contribution is 0.482. The van der Waals surface area contributed by atoms with Crippen molar-refractivity contribution < 1.29 is 0 Å². The molecule has 0 bridgehead atoms. The summed E-state index contributed by atoms with van der Waals surface area (Å²) < 4.78 is 0. The fourth-order valence-corrected chi connectivity index (χ4v) is 2.07. The SMILES string of the molecule is CCCC(Cc1ccc2ccccc2n1)NN. The molecule has 3 heteroatoms. The molecule has 0 amide bonds. The minimum absolute atomic E-state index is 0.314. The number of fused-ring (bicyclic) bond motifs is 1. The minimum Gasteiger partial charge on any atom is -0.271 e. The number of hydrogen-bond acceptors (Lipinski definition) is 3. The summed E-state index contributed by atoms with van der Waals surface area (Å²) in [4.78, 5) is 4.65. The molecule has 1 atom stereocenters. The molecule has 0 aliphatic heterocycles. The maximum absolute atomic E-state index is 5.54. The van der Waals surface area contributed by atoms with Gasteiger partial charge in [0.05, 0.1) is 5.52 Å². The molecule has 1 aromatic heterocycles. The molecule has 0 radical (unpaired) electrons. The number of aromatic nitrogens is 1. The van der Waals surface area contributed by atoms with Crippen LogP contribution >= 0.6 is 0 Å². The van der Waals surface area contributed by atoms with Gasteiger partial charge in [0, 0.05) is 23.5 Å². The fraction of sp³-hybridized carbons (Fsp3) is 0.357. The highest BCUT2D eigenvalue weighted by Crippen LogP contribution is 2.13. The maximum Gasteiger partial charge on any atom is 0.0705 e. The first kappa shape index (κ1) is 12.0. The number of nitrogens with zero attached hydrogens (tertiary/aromatic N) is 1. The van der Waals surface area contributed by atoms with Gasteiger partial charge in [-0.05, 0) is 18.6 Å². The second-order valence-corrected chi connectivity index (χ2v) is 4.35. The average Bonchev–Trinajstić information content (AvgIpc) is 2.38. The summed E-state index contributed by atoms with van der Waals surface area (Å²) in [6, 6.07) is 12.7. The van der Waals surface area contributed by atoms with E-state index < -0.39 is 0 Å². The molecule has 0 aliphatic carbocycles. The third-order valence-corrected chi connectivity index (χ3v) is 2.98. The Hall–Kier alpha value is -1.45. The minimum atomic E-state index is 0.314. The molecule has 2 rings (SSSR count). The second-order valence-electron chi connectivity index (χ2n) is 4.35. The monoisotopic (exact) mass is 229 g/mol. The fourth-order valence-electron chi connectivity index (χ4n) is 2.07. The zero-order valence-corrected chi connectivity index (χ0v) is 10.2. The lowest BCUT2D eigenvalue weighted by Gasteiger charge is -2.14. The van der Waals surface area contributed by atoms with E-state index in [1.807, 2.05) is 18.2 Å². The Balaban J connectivity index is 2.18. The van der Waals surface area contributed by atoms with Crippen LogP contribution in [0.3, 0.4) is 0 Å². The highest BCUT2D eigenvalue weighted by Gasteiger charge is 2.07.